The van der Waals surface area contributed by atoms with E-state index >= 15 is 0 Å². The van der Waals surface area contributed by atoms with Gasteiger partial charge < -0.3 is 14.5 Å². The second-order valence-electron chi connectivity index (χ2n) is 7.63. The van der Waals surface area contributed by atoms with Gasteiger partial charge in [0.15, 0.2) is 0 Å². The lowest BCUT2D eigenvalue weighted by atomic mass is 9.87. The number of halogens is 4. The molecule has 0 aromatic heterocycles. The van der Waals surface area contributed by atoms with Crippen LogP contribution in [0.3, 0.4) is 0 Å². The summed E-state index contributed by atoms with van der Waals surface area (Å²) in [6.45, 7) is -0.782. The molecule has 32 heavy (non-hydrogen) atoms. The van der Waals surface area contributed by atoms with Gasteiger partial charge in [-0.05, 0) is 29.8 Å². The van der Waals surface area contributed by atoms with Gasteiger partial charge in [0.25, 0.3) is 11.8 Å². The standard InChI is InChI=1S/C22H20F4N2O4/c1-31-16-5-2-14(3-6-16)13-28-19(29)17-12-15(23)4-7-18(17)21(28)8-9-27(20(21)30)10-11-32-22(24,25)26/h2-7,12H,8-11,13H2,1H3/t21-/m1/s1. The zero-order valence-corrected chi connectivity index (χ0v) is 17.1. The fourth-order valence-corrected chi connectivity index (χ4v) is 4.39. The van der Waals surface area contributed by atoms with Gasteiger partial charge in [0, 0.05) is 37.2 Å². The van der Waals surface area contributed by atoms with E-state index in [1.54, 1.807) is 24.3 Å². The van der Waals surface area contributed by atoms with Crippen LogP contribution in [0.1, 0.15) is 27.9 Å². The number of ether oxygens (including phenoxy) is 2. The first-order valence-electron chi connectivity index (χ1n) is 9.91. The van der Waals surface area contributed by atoms with Crippen LogP contribution < -0.4 is 4.74 Å². The zero-order chi connectivity index (χ0) is 23.1. The van der Waals surface area contributed by atoms with E-state index in [1.165, 1.54) is 29.0 Å². The predicted octanol–water partition coefficient (Wildman–Crippen LogP) is 3.45. The molecule has 1 spiro atoms. The number of likely N-dealkylation sites (tertiary alicyclic amines) is 1. The number of rotatable bonds is 6. The lowest BCUT2D eigenvalue weighted by molar-refractivity contribution is -0.324. The zero-order valence-electron chi connectivity index (χ0n) is 17.1. The monoisotopic (exact) mass is 452 g/mol. The largest absolute Gasteiger partial charge is 0.522 e. The van der Waals surface area contributed by atoms with Crippen LogP contribution in [0.5, 0.6) is 5.75 Å². The number of alkyl halides is 3. The van der Waals surface area contributed by atoms with E-state index in [9.17, 15) is 27.2 Å². The average molecular weight is 452 g/mol. The van der Waals surface area contributed by atoms with Gasteiger partial charge in [0.1, 0.15) is 17.1 Å². The molecule has 0 unspecified atom stereocenters. The van der Waals surface area contributed by atoms with Gasteiger partial charge in [-0.15, -0.1) is 13.2 Å². The van der Waals surface area contributed by atoms with E-state index in [4.69, 9.17) is 4.74 Å². The van der Waals surface area contributed by atoms with Crippen LogP contribution in [0.4, 0.5) is 17.6 Å². The van der Waals surface area contributed by atoms with Crippen molar-refractivity contribution in [3.8, 4) is 5.75 Å². The summed E-state index contributed by atoms with van der Waals surface area (Å²) in [5.74, 6) is -0.999. The predicted molar refractivity (Wildman–Crippen MR) is 104 cm³/mol. The maximum absolute atomic E-state index is 13.9. The van der Waals surface area contributed by atoms with Crippen molar-refractivity contribution >= 4 is 11.8 Å². The lowest BCUT2D eigenvalue weighted by Gasteiger charge is -2.34. The number of fused-ring (bicyclic) bond motifs is 2. The molecule has 2 aromatic carbocycles. The van der Waals surface area contributed by atoms with Crippen LogP contribution in [-0.2, 0) is 21.6 Å². The van der Waals surface area contributed by atoms with E-state index in [1.807, 2.05) is 0 Å². The molecular weight excluding hydrogens is 432 g/mol. The highest BCUT2D eigenvalue weighted by Gasteiger charge is 2.59. The van der Waals surface area contributed by atoms with E-state index in [0.29, 0.717) is 11.3 Å². The van der Waals surface area contributed by atoms with Crippen molar-refractivity contribution in [3.63, 3.8) is 0 Å². The van der Waals surface area contributed by atoms with Crippen molar-refractivity contribution in [1.82, 2.24) is 9.80 Å². The smallest absolute Gasteiger partial charge is 0.497 e. The van der Waals surface area contributed by atoms with Crippen molar-refractivity contribution in [2.45, 2.75) is 24.9 Å². The Morgan fingerprint density at radius 1 is 1.09 bits per heavy atom. The number of carbonyl (C=O) groups is 2. The van der Waals surface area contributed by atoms with Gasteiger partial charge in [-0.25, -0.2) is 4.39 Å². The van der Waals surface area contributed by atoms with Crippen LogP contribution in [0.15, 0.2) is 42.5 Å². The van der Waals surface area contributed by atoms with E-state index < -0.39 is 36.1 Å². The molecule has 0 N–H and O–H groups in total. The third-order valence-corrected chi connectivity index (χ3v) is 5.87. The number of benzene rings is 2. The van der Waals surface area contributed by atoms with Crippen molar-refractivity contribution in [1.29, 1.82) is 0 Å². The molecular formula is C22H20F4N2O4. The van der Waals surface area contributed by atoms with Crippen LogP contribution in [0.2, 0.25) is 0 Å². The Kier molecular flexibility index (Phi) is 5.58. The molecule has 2 aromatic rings. The van der Waals surface area contributed by atoms with E-state index in [-0.39, 0.29) is 31.6 Å². The summed E-state index contributed by atoms with van der Waals surface area (Å²) in [7, 11) is 1.52. The first-order chi connectivity index (χ1) is 15.2. The summed E-state index contributed by atoms with van der Waals surface area (Å²) < 4.78 is 59.9. The molecule has 0 bridgehead atoms. The Balaban J connectivity index is 1.66. The molecule has 0 saturated carbocycles. The molecule has 4 rings (SSSR count). The molecule has 1 atom stereocenters. The highest BCUT2D eigenvalue weighted by molar-refractivity contribution is 6.07. The Hall–Kier alpha value is -3.14. The molecule has 2 amide bonds. The lowest BCUT2D eigenvalue weighted by Crippen LogP contribution is -2.49. The average Bonchev–Trinajstić information content (AvgIpc) is 3.18. The molecule has 10 heteroatoms. The molecule has 2 aliphatic heterocycles. The SMILES string of the molecule is COc1ccc(CN2C(=O)c3cc(F)ccc3[C@@]23CCN(CCOC(F)(F)F)C3=O)cc1. The van der Waals surface area contributed by atoms with Gasteiger partial charge >= 0.3 is 6.36 Å². The summed E-state index contributed by atoms with van der Waals surface area (Å²) >= 11 is 0. The molecule has 1 fully saturated rings. The highest BCUT2D eigenvalue weighted by atomic mass is 19.4. The summed E-state index contributed by atoms with van der Waals surface area (Å²) in [5, 5.41) is 0. The van der Waals surface area contributed by atoms with Crippen molar-refractivity contribution in [3.05, 3.63) is 65.0 Å². The third-order valence-electron chi connectivity index (χ3n) is 5.87. The second-order valence-corrected chi connectivity index (χ2v) is 7.63. The molecule has 2 heterocycles. The summed E-state index contributed by atoms with van der Waals surface area (Å²) in [4.78, 5) is 29.3. The Bertz CT molecular complexity index is 1040. The van der Waals surface area contributed by atoms with Gasteiger partial charge in [-0.3, -0.25) is 14.3 Å². The molecule has 2 aliphatic rings. The maximum atomic E-state index is 13.9. The maximum Gasteiger partial charge on any atom is 0.522 e. The number of amides is 2. The van der Waals surface area contributed by atoms with Crippen molar-refractivity contribution in [2.24, 2.45) is 0 Å². The summed E-state index contributed by atoms with van der Waals surface area (Å²) in [5.41, 5.74) is -0.237. The molecule has 6 nitrogen and oxygen atoms in total. The van der Waals surface area contributed by atoms with Gasteiger partial charge in [0.2, 0.25) is 0 Å². The third kappa shape index (κ3) is 3.79. The van der Waals surface area contributed by atoms with Crippen LogP contribution in [0, 0.1) is 5.82 Å². The highest BCUT2D eigenvalue weighted by Crippen LogP contribution is 2.47. The minimum absolute atomic E-state index is 0.0672. The minimum atomic E-state index is -4.80. The number of hydrogen-bond donors (Lipinski definition) is 0. The minimum Gasteiger partial charge on any atom is -0.497 e. The van der Waals surface area contributed by atoms with Crippen LogP contribution >= 0.6 is 0 Å². The molecule has 0 radical (unpaired) electrons. The first-order valence-corrected chi connectivity index (χ1v) is 9.91. The normalized spacial score (nSPS) is 20.4. The first kappa shape index (κ1) is 22.1. The number of methoxy groups -OCH3 is 1. The second kappa shape index (κ2) is 8.09. The Morgan fingerprint density at radius 2 is 1.81 bits per heavy atom. The molecule has 170 valence electrons. The van der Waals surface area contributed by atoms with Gasteiger partial charge in [-0.2, -0.15) is 0 Å². The number of hydrogen-bond acceptors (Lipinski definition) is 4. The number of nitrogens with zero attached hydrogens (tertiary/aromatic N) is 2. The fourth-order valence-electron chi connectivity index (χ4n) is 4.39. The number of carbonyl (C=O) groups excluding carboxylic acids is 2. The van der Waals surface area contributed by atoms with E-state index in [2.05, 4.69) is 4.74 Å². The summed E-state index contributed by atoms with van der Waals surface area (Å²) in [6.07, 6.45) is -4.62. The molecule has 0 aliphatic carbocycles. The van der Waals surface area contributed by atoms with Crippen LogP contribution in [-0.4, -0.2) is 54.8 Å². The van der Waals surface area contributed by atoms with Gasteiger partial charge in [0.05, 0.1) is 13.7 Å². The van der Waals surface area contributed by atoms with E-state index in [0.717, 1.165) is 11.6 Å². The topological polar surface area (TPSA) is 59.1 Å². The quantitative estimate of drug-likeness (QED) is 0.630. The van der Waals surface area contributed by atoms with Crippen LogP contribution in [0.25, 0.3) is 0 Å². The Morgan fingerprint density at radius 3 is 2.47 bits per heavy atom. The summed E-state index contributed by atoms with van der Waals surface area (Å²) in [6, 6.07) is 10.6. The van der Waals surface area contributed by atoms with Crippen molar-refractivity contribution in [2.75, 3.05) is 26.8 Å². The van der Waals surface area contributed by atoms with Crippen molar-refractivity contribution < 1.29 is 36.6 Å². The fraction of sp³-hybridized carbons (Fsp3) is 0.364. The Labute approximate surface area is 181 Å². The van der Waals surface area contributed by atoms with Gasteiger partial charge in [-0.1, -0.05) is 18.2 Å². The molecule has 1 saturated heterocycles.